The minimum Gasteiger partial charge on any atom is -0.496 e. The highest BCUT2D eigenvalue weighted by Crippen LogP contribution is 2.43. The first-order valence-corrected chi connectivity index (χ1v) is 18.5. The maximum atomic E-state index is 13.5. The first kappa shape index (κ1) is 36.6. The Morgan fingerprint density at radius 1 is 0.913 bits per heavy atom. The van der Waals surface area contributed by atoms with Gasteiger partial charge in [0.15, 0.2) is 31.9 Å². The molecule has 12 nitrogen and oxygen atoms in total. The summed E-state index contributed by atoms with van der Waals surface area (Å²) in [5.41, 5.74) is 0.0837. The summed E-state index contributed by atoms with van der Waals surface area (Å²) in [6.07, 6.45) is 5.42. The van der Waals surface area contributed by atoms with E-state index in [0.29, 0.717) is 43.5 Å². The Kier molecular flexibility index (Phi) is 12.4. The molecule has 46 heavy (non-hydrogen) atoms. The summed E-state index contributed by atoms with van der Waals surface area (Å²) >= 11 is 0. The van der Waals surface area contributed by atoms with Crippen LogP contribution in [-0.2, 0) is 10.8 Å². The highest BCUT2D eigenvalue weighted by molar-refractivity contribution is 6.74. The lowest BCUT2D eigenvalue weighted by Crippen LogP contribution is -2.45. The number of ketones is 1. The Hall–Kier alpha value is -3.84. The number of carbonyl (C=O) groups excluding carboxylic acids is 2. The molecule has 13 heteroatoms. The fraction of sp³-hybridized carbons (Fsp3) is 0.576. The molecule has 0 aromatic heterocycles. The largest absolute Gasteiger partial charge is 0.496 e. The molecule has 0 spiro atoms. The number of aldehydes is 1. The van der Waals surface area contributed by atoms with Crippen molar-refractivity contribution in [2.24, 2.45) is 11.8 Å². The van der Waals surface area contributed by atoms with Crippen molar-refractivity contribution in [3.05, 3.63) is 61.2 Å². The van der Waals surface area contributed by atoms with E-state index in [2.05, 4.69) is 33.9 Å². The Morgan fingerprint density at radius 3 is 2.11 bits per heavy atom. The minimum atomic E-state index is -1.99. The number of methoxy groups -OCH3 is 2. The smallest absolute Gasteiger partial charge is 0.284 e. The van der Waals surface area contributed by atoms with Gasteiger partial charge in [0.2, 0.25) is 0 Å². The van der Waals surface area contributed by atoms with Crippen LogP contribution in [0.2, 0.25) is 18.1 Å². The van der Waals surface area contributed by atoms with Gasteiger partial charge in [0, 0.05) is 30.2 Å². The van der Waals surface area contributed by atoms with Crippen LogP contribution in [0.1, 0.15) is 85.6 Å². The first-order chi connectivity index (χ1) is 21.6. The second-order valence-corrected chi connectivity index (χ2v) is 18.1. The van der Waals surface area contributed by atoms with Crippen molar-refractivity contribution in [3.63, 3.8) is 0 Å². The van der Waals surface area contributed by atoms with Gasteiger partial charge in [0.25, 0.3) is 11.4 Å². The van der Waals surface area contributed by atoms with Crippen LogP contribution in [0.15, 0.2) is 24.3 Å². The van der Waals surface area contributed by atoms with E-state index in [4.69, 9.17) is 18.6 Å². The van der Waals surface area contributed by atoms with Crippen LogP contribution in [0.4, 0.5) is 11.4 Å². The van der Waals surface area contributed by atoms with Gasteiger partial charge in [0.05, 0.1) is 47.9 Å². The number of nitro benzene ring substituents is 2. The lowest BCUT2D eigenvalue weighted by atomic mass is 9.70. The first-order valence-electron chi connectivity index (χ1n) is 15.6. The third kappa shape index (κ3) is 8.69. The quantitative estimate of drug-likeness (QED) is 0.0387. The lowest BCUT2D eigenvalue weighted by Gasteiger charge is -2.41. The molecule has 0 saturated heterocycles. The summed E-state index contributed by atoms with van der Waals surface area (Å²) in [5, 5.41) is 23.4. The van der Waals surface area contributed by atoms with E-state index < -0.39 is 18.2 Å². The lowest BCUT2D eigenvalue weighted by molar-refractivity contribution is -0.385. The van der Waals surface area contributed by atoms with E-state index in [9.17, 15) is 29.8 Å². The van der Waals surface area contributed by atoms with Crippen molar-refractivity contribution in [2.75, 3.05) is 27.4 Å². The van der Waals surface area contributed by atoms with Crippen molar-refractivity contribution < 1.29 is 38.1 Å². The van der Waals surface area contributed by atoms with Crippen LogP contribution >= 0.6 is 0 Å². The molecule has 1 aliphatic rings. The van der Waals surface area contributed by atoms with E-state index >= 15 is 0 Å². The van der Waals surface area contributed by atoms with Crippen LogP contribution in [0.25, 0.3) is 0 Å². The maximum absolute atomic E-state index is 13.5. The standard InChI is InChI=1S/C33H46N2O10Si/c1-33(2,3)46(6,7)45-21-23-13-14-25(23)32(37)26-18-30(43-5)31(19-28(26)35(40)41)44-15-11-9-8-10-12-22-16-27(34(38)39)24(20-36)17-29(22)42-4/h16-20,23,25H,8-15,21H2,1-7H3/t23-,25?/m0/s1. The molecule has 1 aliphatic carbocycles. The molecule has 1 fully saturated rings. The van der Waals surface area contributed by atoms with Crippen LogP contribution in [0.5, 0.6) is 17.2 Å². The van der Waals surface area contributed by atoms with Crippen LogP contribution in [0, 0.1) is 32.1 Å². The monoisotopic (exact) mass is 658 g/mol. The van der Waals surface area contributed by atoms with Crippen LogP contribution in [0.3, 0.4) is 0 Å². The third-order valence-corrected chi connectivity index (χ3v) is 13.8. The Morgan fingerprint density at radius 2 is 1.57 bits per heavy atom. The zero-order valence-corrected chi connectivity index (χ0v) is 28.9. The van der Waals surface area contributed by atoms with E-state index in [1.165, 1.54) is 38.5 Å². The summed E-state index contributed by atoms with van der Waals surface area (Å²) in [4.78, 5) is 47.0. The molecule has 252 valence electrons. The average Bonchev–Trinajstić information content (AvgIpc) is 2.98. The second-order valence-electron chi connectivity index (χ2n) is 13.3. The minimum absolute atomic E-state index is 0.0214. The van der Waals surface area contributed by atoms with Gasteiger partial charge in [-0.1, -0.05) is 33.6 Å². The van der Waals surface area contributed by atoms with E-state index in [1.54, 1.807) is 0 Å². The topological polar surface area (TPSA) is 157 Å². The fourth-order valence-electron chi connectivity index (χ4n) is 5.23. The van der Waals surface area contributed by atoms with Gasteiger partial charge in [-0.2, -0.15) is 0 Å². The molecule has 2 aromatic rings. The number of benzene rings is 2. The van der Waals surface area contributed by atoms with Gasteiger partial charge in [0.1, 0.15) is 5.75 Å². The normalized spacial score (nSPS) is 16.3. The van der Waals surface area contributed by atoms with Gasteiger partial charge < -0.3 is 18.6 Å². The summed E-state index contributed by atoms with van der Waals surface area (Å²) < 4.78 is 23.0. The van der Waals surface area contributed by atoms with Gasteiger partial charge in [-0.3, -0.25) is 29.8 Å². The highest BCUT2D eigenvalue weighted by atomic mass is 28.4. The Balaban J connectivity index is 1.58. The number of unbranched alkanes of at least 4 members (excludes halogenated alkanes) is 3. The second kappa shape index (κ2) is 15.6. The molecule has 3 rings (SSSR count). The van der Waals surface area contributed by atoms with Gasteiger partial charge in [-0.25, -0.2) is 0 Å². The molecule has 1 unspecified atom stereocenters. The maximum Gasteiger partial charge on any atom is 0.284 e. The molecule has 2 atom stereocenters. The molecule has 0 radical (unpaired) electrons. The summed E-state index contributed by atoms with van der Waals surface area (Å²) in [6.45, 7) is 11.6. The number of carbonyl (C=O) groups is 2. The molecule has 0 amide bonds. The number of rotatable bonds is 18. The van der Waals surface area contributed by atoms with Crippen molar-refractivity contribution in [1.29, 1.82) is 0 Å². The summed E-state index contributed by atoms with van der Waals surface area (Å²) in [5.74, 6) is 0.303. The van der Waals surface area contributed by atoms with Gasteiger partial charge in [-0.05, 0) is 62.2 Å². The van der Waals surface area contributed by atoms with E-state index in [1.807, 2.05) is 0 Å². The van der Waals surface area contributed by atoms with E-state index in [-0.39, 0.29) is 63.3 Å². The Labute approximate surface area is 271 Å². The number of hydrogen-bond donors (Lipinski definition) is 0. The summed E-state index contributed by atoms with van der Waals surface area (Å²) in [7, 11) is 0.893. The molecule has 1 saturated carbocycles. The van der Waals surface area contributed by atoms with E-state index in [0.717, 1.165) is 25.7 Å². The zero-order chi connectivity index (χ0) is 34.2. The molecular formula is C33H46N2O10Si. The fourth-order valence-corrected chi connectivity index (χ4v) is 6.30. The van der Waals surface area contributed by atoms with Crippen molar-refractivity contribution >= 4 is 31.8 Å². The van der Waals surface area contributed by atoms with Gasteiger partial charge >= 0.3 is 0 Å². The van der Waals surface area contributed by atoms with Crippen molar-refractivity contribution in [3.8, 4) is 17.2 Å². The predicted octanol–water partition coefficient (Wildman–Crippen LogP) is 7.75. The molecule has 2 aromatic carbocycles. The molecular weight excluding hydrogens is 612 g/mol. The number of nitrogens with zero attached hydrogens (tertiary/aromatic N) is 2. The number of hydrogen-bond acceptors (Lipinski definition) is 10. The predicted molar refractivity (Wildman–Crippen MR) is 176 cm³/mol. The number of Topliss-reactive ketones (excluding diaryl/α,β-unsaturated/α-hetero) is 1. The molecule has 0 N–H and O–H groups in total. The van der Waals surface area contributed by atoms with Gasteiger partial charge in [-0.15, -0.1) is 0 Å². The number of nitro groups is 2. The Bertz CT molecular complexity index is 1440. The van der Waals surface area contributed by atoms with Crippen LogP contribution in [-0.4, -0.2) is 57.7 Å². The number of ether oxygens (including phenoxy) is 3. The average molecular weight is 659 g/mol. The third-order valence-electron chi connectivity index (χ3n) is 9.31. The molecule has 0 aliphatic heterocycles. The van der Waals surface area contributed by atoms with Crippen molar-refractivity contribution in [1.82, 2.24) is 0 Å². The van der Waals surface area contributed by atoms with Crippen LogP contribution < -0.4 is 14.2 Å². The SMILES string of the molecule is COc1cc(C=O)c([N+](=O)[O-])cc1CCCCCCOc1cc([N+](=O)[O-])c(C(=O)C2CC[C@H]2CO[Si](C)(C)C(C)(C)C)cc1OC. The number of aryl methyl sites for hydroxylation is 1. The molecule has 0 heterocycles. The van der Waals surface area contributed by atoms with Crippen molar-refractivity contribution in [2.45, 2.75) is 83.8 Å². The highest BCUT2D eigenvalue weighted by Gasteiger charge is 2.43. The molecule has 0 bridgehead atoms. The zero-order valence-electron chi connectivity index (χ0n) is 27.9. The summed E-state index contributed by atoms with van der Waals surface area (Å²) in [6, 6.07) is 5.46.